The Morgan fingerprint density at radius 2 is 2.29 bits per heavy atom. The Balaban J connectivity index is 2.62. The van der Waals surface area contributed by atoms with Gasteiger partial charge in [-0.1, -0.05) is 17.7 Å². The summed E-state index contributed by atoms with van der Waals surface area (Å²) in [5, 5.41) is 8.77. The van der Waals surface area contributed by atoms with E-state index in [0.29, 0.717) is 16.5 Å². The Morgan fingerprint density at radius 3 is 2.86 bits per heavy atom. The molecule has 3 N–H and O–H groups in total. The van der Waals surface area contributed by atoms with E-state index in [4.69, 9.17) is 27.2 Å². The number of hydrogen-bond acceptors (Lipinski definition) is 3. The molecule has 0 radical (unpaired) electrons. The summed E-state index contributed by atoms with van der Waals surface area (Å²) < 4.78 is 5.14. The highest BCUT2D eigenvalue weighted by Crippen LogP contribution is 2.30. The zero-order valence-corrected chi connectivity index (χ0v) is 8.12. The van der Waals surface area contributed by atoms with E-state index in [2.05, 4.69) is 0 Å². The predicted octanol–water partition coefficient (Wildman–Crippen LogP) is 1.78. The molecule has 1 aromatic carbocycles. The molecule has 0 saturated carbocycles. The second kappa shape index (κ2) is 4.72. The fourth-order valence-electron chi connectivity index (χ4n) is 0.918. The molecule has 0 saturated heterocycles. The van der Waals surface area contributed by atoms with Crippen molar-refractivity contribution in [3.8, 4) is 5.75 Å². The summed E-state index contributed by atoms with van der Waals surface area (Å²) in [5.41, 5.74) is 5.99. The van der Waals surface area contributed by atoms with Gasteiger partial charge < -0.3 is 15.6 Å². The molecule has 1 aromatic rings. The molecule has 1 rings (SSSR count). The molecule has 5 heteroatoms. The van der Waals surface area contributed by atoms with E-state index < -0.39 is 5.97 Å². The molecule has 14 heavy (non-hydrogen) atoms. The van der Waals surface area contributed by atoms with Gasteiger partial charge in [-0.2, -0.15) is 0 Å². The highest BCUT2D eigenvalue weighted by Gasteiger charge is 2.06. The molecule has 0 aliphatic heterocycles. The van der Waals surface area contributed by atoms with Gasteiger partial charge in [-0.15, -0.1) is 0 Å². The Labute approximate surface area is 86.2 Å². The van der Waals surface area contributed by atoms with Crippen molar-refractivity contribution in [2.24, 2.45) is 0 Å². The lowest BCUT2D eigenvalue weighted by molar-refractivity contribution is -0.137. The van der Waals surface area contributed by atoms with Crippen molar-refractivity contribution in [2.75, 3.05) is 12.3 Å². The quantitative estimate of drug-likeness (QED) is 0.751. The van der Waals surface area contributed by atoms with E-state index in [1.165, 1.54) is 0 Å². The molecule has 0 aromatic heterocycles. The van der Waals surface area contributed by atoms with Crippen LogP contribution in [0.5, 0.6) is 5.75 Å². The second-order valence-corrected chi connectivity index (χ2v) is 3.06. The number of benzene rings is 1. The van der Waals surface area contributed by atoms with Crippen LogP contribution in [0.4, 0.5) is 5.69 Å². The molecule has 0 aliphatic rings. The molecule has 4 nitrogen and oxygen atoms in total. The van der Waals surface area contributed by atoms with Crippen molar-refractivity contribution in [3.05, 3.63) is 23.2 Å². The van der Waals surface area contributed by atoms with Crippen LogP contribution in [0.2, 0.25) is 5.02 Å². The van der Waals surface area contributed by atoms with E-state index in [0.717, 1.165) is 0 Å². The molecule has 0 heterocycles. The monoisotopic (exact) mass is 215 g/mol. The minimum atomic E-state index is -0.921. The van der Waals surface area contributed by atoms with Crippen LogP contribution in [0.15, 0.2) is 18.2 Å². The fraction of sp³-hybridized carbons (Fsp3) is 0.222. The number of nitrogen functional groups attached to an aromatic ring is 1. The molecule has 0 unspecified atom stereocenters. The molecule has 0 bridgehead atoms. The molecule has 76 valence electrons. The van der Waals surface area contributed by atoms with Crippen LogP contribution in [0.25, 0.3) is 0 Å². The number of para-hydroxylation sites is 1. The van der Waals surface area contributed by atoms with E-state index in [-0.39, 0.29) is 13.0 Å². The topological polar surface area (TPSA) is 72.5 Å². The number of hydrogen-bond donors (Lipinski definition) is 2. The highest BCUT2D eigenvalue weighted by atomic mass is 35.5. The number of carbonyl (C=O) groups is 1. The number of halogens is 1. The minimum Gasteiger partial charge on any atom is -0.489 e. The average molecular weight is 216 g/mol. The van der Waals surface area contributed by atoms with E-state index >= 15 is 0 Å². The second-order valence-electron chi connectivity index (χ2n) is 2.65. The van der Waals surface area contributed by atoms with Crippen LogP contribution in [0, 0.1) is 0 Å². The lowest BCUT2D eigenvalue weighted by Crippen LogP contribution is -2.06. The number of ether oxygens (including phenoxy) is 1. The van der Waals surface area contributed by atoms with Gasteiger partial charge in [0.05, 0.1) is 23.7 Å². The van der Waals surface area contributed by atoms with Gasteiger partial charge in [0.1, 0.15) is 0 Å². The van der Waals surface area contributed by atoms with Crippen molar-refractivity contribution in [3.63, 3.8) is 0 Å². The van der Waals surface area contributed by atoms with E-state index in [1.54, 1.807) is 18.2 Å². The number of rotatable bonds is 4. The van der Waals surface area contributed by atoms with Crippen LogP contribution in [0.3, 0.4) is 0 Å². The van der Waals surface area contributed by atoms with Gasteiger partial charge >= 0.3 is 5.97 Å². The smallest absolute Gasteiger partial charge is 0.306 e. The summed E-state index contributed by atoms with van der Waals surface area (Å²) >= 11 is 5.79. The van der Waals surface area contributed by atoms with Gasteiger partial charge in [-0.05, 0) is 12.1 Å². The van der Waals surface area contributed by atoms with E-state index in [9.17, 15) is 4.79 Å². The SMILES string of the molecule is Nc1cccc(Cl)c1OCCC(=O)O. The standard InChI is InChI=1S/C9H10ClNO3/c10-6-2-1-3-7(11)9(6)14-5-4-8(12)13/h1-3H,4-5,11H2,(H,12,13). The van der Waals surface area contributed by atoms with Crippen LogP contribution in [0.1, 0.15) is 6.42 Å². The first kappa shape index (κ1) is 10.7. The van der Waals surface area contributed by atoms with Gasteiger partial charge in [0.2, 0.25) is 0 Å². The third-order valence-electron chi connectivity index (χ3n) is 1.56. The Kier molecular flexibility index (Phi) is 3.59. The maximum atomic E-state index is 10.2. The fourth-order valence-corrected chi connectivity index (χ4v) is 1.15. The Bertz CT molecular complexity index is 321. The Morgan fingerprint density at radius 1 is 1.57 bits per heavy atom. The number of nitrogens with two attached hydrogens (primary N) is 1. The first-order chi connectivity index (χ1) is 6.61. The van der Waals surface area contributed by atoms with Gasteiger partial charge in [0, 0.05) is 0 Å². The molecular weight excluding hydrogens is 206 g/mol. The third kappa shape index (κ3) is 2.81. The van der Waals surface area contributed by atoms with Crippen LogP contribution < -0.4 is 10.5 Å². The van der Waals surface area contributed by atoms with Gasteiger partial charge in [0.15, 0.2) is 5.75 Å². The van der Waals surface area contributed by atoms with Crippen LogP contribution in [-0.2, 0) is 4.79 Å². The van der Waals surface area contributed by atoms with Crippen molar-refractivity contribution in [1.82, 2.24) is 0 Å². The minimum absolute atomic E-state index is 0.0588. The number of anilines is 1. The highest BCUT2D eigenvalue weighted by molar-refractivity contribution is 6.32. The summed E-state index contributed by atoms with van der Waals surface area (Å²) in [6, 6.07) is 4.97. The van der Waals surface area contributed by atoms with Crippen molar-refractivity contribution < 1.29 is 14.6 Å². The van der Waals surface area contributed by atoms with E-state index in [1.807, 2.05) is 0 Å². The summed E-state index contributed by atoms with van der Waals surface area (Å²) in [4.78, 5) is 10.2. The largest absolute Gasteiger partial charge is 0.489 e. The number of carboxylic acid groups (broad SMARTS) is 1. The zero-order chi connectivity index (χ0) is 10.6. The third-order valence-corrected chi connectivity index (χ3v) is 1.86. The Hall–Kier alpha value is -1.42. The van der Waals surface area contributed by atoms with Gasteiger partial charge in [-0.3, -0.25) is 4.79 Å². The summed E-state index contributed by atoms with van der Waals surface area (Å²) in [7, 11) is 0. The molecular formula is C9H10ClNO3. The first-order valence-electron chi connectivity index (χ1n) is 4.00. The average Bonchev–Trinajstić information content (AvgIpc) is 2.09. The van der Waals surface area contributed by atoms with Crippen LogP contribution in [-0.4, -0.2) is 17.7 Å². The lowest BCUT2D eigenvalue weighted by Gasteiger charge is -2.08. The lowest BCUT2D eigenvalue weighted by atomic mass is 10.3. The first-order valence-corrected chi connectivity index (χ1v) is 4.37. The molecule has 0 aliphatic carbocycles. The molecule has 0 spiro atoms. The number of aliphatic carboxylic acids is 1. The van der Waals surface area contributed by atoms with Crippen molar-refractivity contribution in [2.45, 2.75) is 6.42 Å². The molecule has 0 amide bonds. The number of carboxylic acids is 1. The summed E-state index contributed by atoms with van der Waals surface area (Å²) in [6.45, 7) is 0.0588. The maximum Gasteiger partial charge on any atom is 0.306 e. The molecule has 0 atom stereocenters. The zero-order valence-electron chi connectivity index (χ0n) is 7.37. The van der Waals surface area contributed by atoms with Crippen molar-refractivity contribution >= 4 is 23.3 Å². The van der Waals surface area contributed by atoms with Crippen LogP contribution >= 0.6 is 11.6 Å². The normalized spacial score (nSPS) is 9.79. The summed E-state index contributed by atoms with van der Waals surface area (Å²) in [5.74, 6) is -0.578. The maximum absolute atomic E-state index is 10.2. The van der Waals surface area contributed by atoms with Crippen molar-refractivity contribution in [1.29, 1.82) is 0 Å². The summed E-state index contributed by atoms with van der Waals surface area (Å²) in [6.07, 6.45) is -0.0787. The predicted molar refractivity (Wildman–Crippen MR) is 53.6 cm³/mol. The van der Waals surface area contributed by atoms with Gasteiger partial charge in [0.25, 0.3) is 0 Å². The van der Waals surface area contributed by atoms with Gasteiger partial charge in [-0.25, -0.2) is 0 Å². The molecule has 0 fully saturated rings.